The van der Waals surface area contributed by atoms with Crippen LogP contribution in [0.2, 0.25) is 0 Å². The Kier molecular flexibility index (Phi) is 6.17. The molecule has 0 saturated carbocycles. The van der Waals surface area contributed by atoms with E-state index in [-0.39, 0.29) is 35.4 Å². The highest BCUT2D eigenvalue weighted by molar-refractivity contribution is 6.22. The van der Waals surface area contributed by atoms with Crippen LogP contribution in [0, 0.1) is 10.1 Å². The fraction of sp³-hybridized carbons (Fsp3) is 0.333. The SMILES string of the molecule is O=C1C[C@@H](N2CCN(c3ccc([N+](=O)[O-])cc3)CC2)C(=O)N1c1ccc(OC(F)(F)Cl)cc1. The van der Waals surface area contributed by atoms with Gasteiger partial charge in [0, 0.05) is 55.6 Å². The topological polar surface area (TPSA) is 96.2 Å². The van der Waals surface area contributed by atoms with Crippen LogP contribution in [0.1, 0.15) is 6.42 Å². The molecule has 2 aliphatic rings. The van der Waals surface area contributed by atoms with Gasteiger partial charge in [-0.05, 0) is 36.4 Å². The molecule has 0 radical (unpaired) electrons. The number of hydrogen-bond donors (Lipinski definition) is 0. The first-order valence-corrected chi connectivity index (χ1v) is 10.5. The van der Waals surface area contributed by atoms with Crippen LogP contribution >= 0.6 is 11.6 Å². The lowest BCUT2D eigenvalue weighted by atomic mass is 10.1. The van der Waals surface area contributed by atoms with Gasteiger partial charge in [-0.2, -0.15) is 0 Å². The molecule has 12 heteroatoms. The second-order valence-electron chi connectivity index (χ2n) is 7.63. The van der Waals surface area contributed by atoms with Gasteiger partial charge in [0.2, 0.25) is 5.91 Å². The molecule has 2 aromatic rings. The fourth-order valence-electron chi connectivity index (χ4n) is 4.05. The van der Waals surface area contributed by atoms with Crippen LogP contribution in [0.25, 0.3) is 0 Å². The number of imide groups is 1. The number of ether oxygens (including phenoxy) is 1. The van der Waals surface area contributed by atoms with Crippen LogP contribution in [0.3, 0.4) is 0 Å². The highest BCUT2D eigenvalue weighted by Crippen LogP contribution is 2.31. The zero-order valence-corrected chi connectivity index (χ0v) is 18.0. The monoisotopic (exact) mass is 480 g/mol. The molecule has 2 aliphatic heterocycles. The van der Waals surface area contributed by atoms with Crippen molar-refractivity contribution >= 4 is 40.5 Å². The average molecular weight is 481 g/mol. The third-order valence-electron chi connectivity index (χ3n) is 5.63. The van der Waals surface area contributed by atoms with Crippen molar-refractivity contribution in [3.8, 4) is 5.75 Å². The van der Waals surface area contributed by atoms with Crippen molar-refractivity contribution in [3.05, 3.63) is 58.6 Å². The lowest BCUT2D eigenvalue weighted by Crippen LogP contribution is -2.52. The first-order valence-electron chi connectivity index (χ1n) is 10.1. The highest BCUT2D eigenvalue weighted by atomic mass is 35.5. The zero-order chi connectivity index (χ0) is 23.8. The molecule has 2 aromatic carbocycles. The number of halogens is 3. The smallest absolute Gasteiger partial charge is 0.420 e. The molecule has 2 fully saturated rings. The fourth-order valence-corrected chi connectivity index (χ4v) is 4.14. The number of nitro benzene ring substituents is 1. The van der Waals surface area contributed by atoms with Gasteiger partial charge >= 0.3 is 5.57 Å². The number of nitrogens with zero attached hydrogens (tertiary/aromatic N) is 4. The third-order valence-corrected chi connectivity index (χ3v) is 5.71. The predicted octanol–water partition coefficient (Wildman–Crippen LogP) is 3.22. The number of nitro groups is 1. The van der Waals surface area contributed by atoms with E-state index in [4.69, 9.17) is 11.6 Å². The molecule has 2 saturated heterocycles. The summed E-state index contributed by atoms with van der Waals surface area (Å²) >= 11 is 4.74. The molecule has 2 amide bonds. The molecule has 0 aromatic heterocycles. The minimum atomic E-state index is -3.86. The van der Waals surface area contributed by atoms with Crippen molar-refractivity contribution in [1.29, 1.82) is 0 Å². The van der Waals surface area contributed by atoms with Crippen LogP contribution in [0.4, 0.5) is 25.8 Å². The van der Waals surface area contributed by atoms with E-state index >= 15 is 0 Å². The van der Waals surface area contributed by atoms with Gasteiger partial charge in [-0.15, -0.1) is 8.78 Å². The lowest BCUT2D eigenvalue weighted by Gasteiger charge is -2.38. The standard InChI is InChI=1S/C21H19ClF2N4O5/c22-21(23,24)33-17-7-5-15(6-8-17)27-19(29)13-18(20(27)30)26-11-9-25(10-12-26)14-1-3-16(4-2-14)28(31)32/h1-8,18H,9-13H2/t18-/m1/s1. The van der Waals surface area contributed by atoms with Gasteiger partial charge in [-0.1, -0.05) is 0 Å². The quantitative estimate of drug-likeness (QED) is 0.271. The zero-order valence-electron chi connectivity index (χ0n) is 17.2. The molecule has 9 nitrogen and oxygen atoms in total. The first-order chi connectivity index (χ1) is 15.6. The van der Waals surface area contributed by atoms with Crippen molar-refractivity contribution in [2.45, 2.75) is 18.0 Å². The number of piperazine rings is 1. The Morgan fingerprint density at radius 1 is 0.970 bits per heavy atom. The summed E-state index contributed by atoms with van der Waals surface area (Å²) in [5.74, 6) is -0.948. The van der Waals surface area contributed by atoms with Gasteiger partial charge in [-0.25, -0.2) is 4.90 Å². The molecular weight excluding hydrogens is 462 g/mol. The maximum absolute atomic E-state index is 13.0. The number of amides is 2. The van der Waals surface area contributed by atoms with Crippen molar-refractivity contribution in [1.82, 2.24) is 4.90 Å². The van der Waals surface area contributed by atoms with Crippen molar-refractivity contribution in [3.63, 3.8) is 0 Å². The maximum atomic E-state index is 13.0. The van der Waals surface area contributed by atoms with E-state index in [0.29, 0.717) is 26.2 Å². The minimum Gasteiger partial charge on any atom is -0.420 e. The molecule has 0 bridgehead atoms. The van der Waals surface area contributed by atoms with Crippen LogP contribution in [-0.4, -0.2) is 59.4 Å². The second-order valence-corrected chi connectivity index (χ2v) is 8.07. The molecule has 1 atom stereocenters. The molecule has 33 heavy (non-hydrogen) atoms. The summed E-state index contributed by atoms with van der Waals surface area (Å²) in [6.07, 6.45) is 0.0222. The number of alkyl halides is 3. The molecule has 0 spiro atoms. The summed E-state index contributed by atoms with van der Waals surface area (Å²) in [7, 11) is 0. The van der Waals surface area contributed by atoms with E-state index in [1.54, 1.807) is 12.1 Å². The van der Waals surface area contributed by atoms with Crippen molar-refractivity contribution in [2.75, 3.05) is 36.0 Å². The molecule has 2 heterocycles. The molecule has 4 rings (SSSR count). The van der Waals surface area contributed by atoms with E-state index in [1.165, 1.54) is 36.4 Å². The molecule has 0 N–H and O–H groups in total. The van der Waals surface area contributed by atoms with E-state index in [0.717, 1.165) is 10.6 Å². The van der Waals surface area contributed by atoms with Gasteiger partial charge in [0.15, 0.2) is 0 Å². The van der Waals surface area contributed by atoms with Crippen LogP contribution in [-0.2, 0) is 9.59 Å². The molecule has 0 unspecified atom stereocenters. The first kappa shape index (κ1) is 22.9. The summed E-state index contributed by atoms with van der Waals surface area (Å²) in [4.78, 5) is 41.0. The van der Waals surface area contributed by atoms with Crippen molar-refractivity contribution in [2.24, 2.45) is 0 Å². The number of carbonyl (C=O) groups is 2. The number of carbonyl (C=O) groups excluding carboxylic acids is 2. The van der Waals surface area contributed by atoms with E-state index in [1.807, 2.05) is 4.90 Å². The van der Waals surface area contributed by atoms with Gasteiger partial charge < -0.3 is 9.64 Å². The maximum Gasteiger partial charge on any atom is 0.487 e. The minimum absolute atomic E-state index is 0.0171. The summed E-state index contributed by atoms with van der Waals surface area (Å²) in [6.45, 7) is 2.25. The summed E-state index contributed by atoms with van der Waals surface area (Å²) in [5, 5.41) is 10.8. The van der Waals surface area contributed by atoms with Gasteiger partial charge in [0.1, 0.15) is 5.75 Å². The Morgan fingerprint density at radius 3 is 2.09 bits per heavy atom. The van der Waals surface area contributed by atoms with Crippen LogP contribution in [0.15, 0.2) is 48.5 Å². The number of non-ortho nitro benzene ring substituents is 1. The number of anilines is 2. The van der Waals surface area contributed by atoms with E-state index in [9.17, 15) is 28.5 Å². The Bertz CT molecular complexity index is 1050. The average Bonchev–Trinajstić information content (AvgIpc) is 3.07. The number of hydrogen-bond acceptors (Lipinski definition) is 7. The lowest BCUT2D eigenvalue weighted by molar-refractivity contribution is -0.384. The van der Waals surface area contributed by atoms with Gasteiger partial charge in [0.25, 0.3) is 11.6 Å². The molecular formula is C21H19ClF2N4O5. The van der Waals surface area contributed by atoms with Gasteiger partial charge in [0.05, 0.1) is 23.1 Å². The van der Waals surface area contributed by atoms with Crippen LogP contribution < -0.4 is 14.5 Å². The Labute approximate surface area is 192 Å². The molecule has 0 aliphatic carbocycles. The largest absolute Gasteiger partial charge is 0.487 e. The third kappa shape index (κ3) is 5.04. The number of rotatable bonds is 6. The summed E-state index contributed by atoms with van der Waals surface area (Å²) in [6, 6.07) is 10.8. The second kappa shape index (κ2) is 8.91. The highest BCUT2D eigenvalue weighted by Gasteiger charge is 2.43. The van der Waals surface area contributed by atoms with E-state index in [2.05, 4.69) is 9.64 Å². The van der Waals surface area contributed by atoms with Gasteiger partial charge in [-0.3, -0.25) is 24.6 Å². The summed E-state index contributed by atoms with van der Waals surface area (Å²) in [5.41, 5.74) is -2.73. The van der Waals surface area contributed by atoms with Crippen LogP contribution in [0.5, 0.6) is 5.75 Å². The number of benzene rings is 2. The van der Waals surface area contributed by atoms with E-state index < -0.39 is 16.5 Å². The Hall–Kier alpha value is -3.31. The predicted molar refractivity (Wildman–Crippen MR) is 116 cm³/mol. The molecule has 174 valence electrons. The summed E-state index contributed by atoms with van der Waals surface area (Å²) < 4.78 is 29.8. The normalized spacial score (nSPS) is 19.8. The Balaban J connectivity index is 1.38. The van der Waals surface area contributed by atoms with Crippen molar-refractivity contribution < 1.29 is 28.0 Å². The Morgan fingerprint density at radius 2 is 1.55 bits per heavy atom.